The van der Waals surface area contributed by atoms with Gasteiger partial charge in [0.1, 0.15) is 5.75 Å². The van der Waals surface area contributed by atoms with Crippen molar-refractivity contribution in [2.75, 3.05) is 13.7 Å². The maximum atomic E-state index is 11.9. The van der Waals surface area contributed by atoms with E-state index in [-0.39, 0.29) is 12.4 Å². The Bertz CT molecular complexity index is 1370. The summed E-state index contributed by atoms with van der Waals surface area (Å²) in [4.78, 5) is 21.6. The molecule has 0 aliphatic heterocycles. The largest absolute Gasteiger partial charge is 0.495 e. The number of carbonyl (C=O) groups excluding carboxylic acids is 1. The third-order valence-electron chi connectivity index (χ3n) is 5.81. The third-order valence-corrected chi connectivity index (χ3v) is 6.10. The van der Waals surface area contributed by atoms with Gasteiger partial charge in [-0.15, -0.1) is 0 Å². The van der Waals surface area contributed by atoms with Crippen LogP contribution < -0.4 is 4.74 Å². The van der Waals surface area contributed by atoms with Crippen LogP contribution in [-0.4, -0.2) is 39.4 Å². The zero-order chi connectivity index (χ0) is 22.9. The molecule has 1 aliphatic carbocycles. The first-order valence-electron chi connectivity index (χ1n) is 10.9. The van der Waals surface area contributed by atoms with Gasteiger partial charge in [0.15, 0.2) is 11.6 Å². The van der Waals surface area contributed by atoms with E-state index < -0.39 is 0 Å². The Hall–Kier alpha value is -3.45. The van der Waals surface area contributed by atoms with Crippen LogP contribution in [0, 0.1) is 0 Å². The average Bonchev–Trinajstić information content (AvgIpc) is 3.45. The number of nitrogens with zero attached hydrogens (tertiary/aromatic N) is 4. The SMILES string of the molecule is CCOC(=O)Cc1ccc2c(cnn2-c2nc(-c3ccc(OC)c(Cl)c3)nc3c2CCC3)c1. The van der Waals surface area contributed by atoms with Crippen LogP contribution in [0.5, 0.6) is 5.75 Å². The number of methoxy groups -OCH3 is 1. The summed E-state index contributed by atoms with van der Waals surface area (Å²) in [6.45, 7) is 2.18. The van der Waals surface area contributed by atoms with Crippen molar-refractivity contribution in [3.63, 3.8) is 0 Å². The van der Waals surface area contributed by atoms with E-state index in [4.69, 9.17) is 31.0 Å². The van der Waals surface area contributed by atoms with Crippen LogP contribution in [0.3, 0.4) is 0 Å². The zero-order valence-corrected chi connectivity index (χ0v) is 19.2. The minimum absolute atomic E-state index is 0.236. The van der Waals surface area contributed by atoms with Crippen LogP contribution in [0.4, 0.5) is 0 Å². The molecule has 5 rings (SSSR count). The molecule has 0 unspecified atom stereocenters. The van der Waals surface area contributed by atoms with Crippen LogP contribution in [0.15, 0.2) is 42.6 Å². The lowest BCUT2D eigenvalue weighted by atomic mass is 10.1. The second kappa shape index (κ2) is 8.83. The Kier molecular flexibility index (Phi) is 5.72. The van der Waals surface area contributed by atoms with Gasteiger partial charge in [-0.2, -0.15) is 5.10 Å². The van der Waals surface area contributed by atoms with Gasteiger partial charge in [-0.05, 0) is 62.1 Å². The molecule has 0 bridgehead atoms. The molecule has 8 heteroatoms. The Morgan fingerprint density at radius 2 is 2.03 bits per heavy atom. The number of aromatic nitrogens is 4. The van der Waals surface area contributed by atoms with Gasteiger partial charge in [-0.1, -0.05) is 17.7 Å². The lowest BCUT2D eigenvalue weighted by Gasteiger charge is -2.12. The first-order valence-corrected chi connectivity index (χ1v) is 11.3. The standard InChI is InChI=1S/C25H23ClN4O3/c1-3-33-23(31)12-15-7-9-21-17(11-15)14-27-30(21)25-18-5-4-6-20(18)28-24(29-25)16-8-10-22(32-2)19(26)13-16/h7-11,13-14H,3-6,12H2,1-2H3. The topological polar surface area (TPSA) is 79.1 Å². The Balaban J connectivity index is 1.58. The van der Waals surface area contributed by atoms with Crippen LogP contribution in [0.2, 0.25) is 5.02 Å². The average molecular weight is 463 g/mol. The van der Waals surface area contributed by atoms with Gasteiger partial charge < -0.3 is 9.47 Å². The molecule has 33 heavy (non-hydrogen) atoms. The van der Waals surface area contributed by atoms with E-state index in [0.29, 0.717) is 23.2 Å². The van der Waals surface area contributed by atoms with E-state index in [1.807, 2.05) is 41.1 Å². The van der Waals surface area contributed by atoms with E-state index in [1.165, 1.54) is 0 Å². The van der Waals surface area contributed by atoms with E-state index in [9.17, 15) is 4.79 Å². The number of carbonyl (C=O) groups is 1. The molecule has 4 aromatic rings. The fraction of sp³-hybridized carbons (Fsp3) is 0.280. The number of hydrogen-bond acceptors (Lipinski definition) is 6. The fourth-order valence-electron chi connectivity index (χ4n) is 4.26. The van der Waals surface area contributed by atoms with Crippen molar-refractivity contribution in [3.8, 4) is 23.0 Å². The minimum atomic E-state index is -0.236. The first-order chi connectivity index (χ1) is 16.1. The van der Waals surface area contributed by atoms with Gasteiger partial charge in [0.2, 0.25) is 0 Å². The summed E-state index contributed by atoms with van der Waals surface area (Å²) in [6.07, 6.45) is 4.89. The quantitative estimate of drug-likeness (QED) is 0.385. The molecule has 168 valence electrons. The summed E-state index contributed by atoms with van der Waals surface area (Å²) in [5, 5.41) is 6.10. The molecule has 7 nitrogen and oxygen atoms in total. The van der Waals surface area contributed by atoms with Gasteiger partial charge >= 0.3 is 5.97 Å². The monoisotopic (exact) mass is 462 g/mol. The second-order valence-electron chi connectivity index (χ2n) is 7.93. The highest BCUT2D eigenvalue weighted by molar-refractivity contribution is 6.32. The molecular formula is C25H23ClN4O3. The Morgan fingerprint density at radius 1 is 1.15 bits per heavy atom. The van der Waals surface area contributed by atoms with Gasteiger partial charge in [0.05, 0.1) is 36.9 Å². The van der Waals surface area contributed by atoms with Crippen LogP contribution in [0.25, 0.3) is 28.1 Å². The molecule has 1 aliphatic rings. The number of benzene rings is 2. The minimum Gasteiger partial charge on any atom is -0.495 e. The van der Waals surface area contributed by atoms with E-state index in [1.54, 1.807) is 20.2 Å². The molecule has 0 radical (unpaired) electrons. The van der Waals surface area contributed by atoms with E-state index in [2.05, 4.69) is 5.10 Å². The highest BCUT2D eigenvalue weighted by Crippen LogP contribution is 2.33. The van der Waals surface area contributed by atoms with Crippen molar-refractivity contribution in [2.45, 2.75) is 32.6 Å². The summed E-state index contributed by atoms with van der Waals surface area (Å²) >= 11 is 6.35. The third kappa shape index (κ3) is 4.04. The summed E-state index contributed by atoms with van der Waals surface area (Å²) < 4.78 is 12.2. The number of halogens is 1. The zero-order valence-electron chi connectivity index (χ0n) is 18.5. The molecule has 0 saturated heterocycles. The number of aryl methyl sites for hydroxylation is 1. The van der Waals surface area contributed by atoms with Gasteiger partial charge in [0, 0.05) is 22.2 Å². The van der Waals surface area contributed by atoms with Crippen molar-refractivity contribution in [2.24, 2.45) is 0 Å². The van der Waals surface area contributed by atoms with Crippen molar-refractivity contribution < 1.29 is 14.3 Å². The molecule has 2 heterocycles. The lowest BCUT2D eigenvalue weighted by Crippen LogP contribution is -2.08. The molecule has 0 N–H and O–H groups in total. The van der Waals surface area contributed by atoms with Crippen molar-refractivity contribution >= 4 is 28.5 Å². The van der Waals surface area contributed by atoms with Crippen molar-refractivity contribution in [1.29, 1.82) is 0 Å². The Morgan fingerprint density at radius 3 is 2.82 bits per heavy atom. The number of hydrogen-bond donors (Lipinski definition) is 0. The normalized spacial score (nSPS) is 12.7. The molecule has 0 saturated carbocycles. The van der Waals surface area contributed by atoms with Gasteiger partial charge in [-0.25, -0.2) is 14.6 Å². The molecule has 0 amide bonds. The second-order valence-corrected chi connectivity index (χ2v) is 8.34. The van der Waals surface area contributed by atoms with Crippen LogP contribution in [-0.2, 0) is 28.8 Å². The number of esters is 1. The summed E-state index contributed by atoms with van der Waals surface area (Å²) in [6, 6.07) is 11.4. The highest BCUT2D eigenvalue weighted by Gasteiger charge is 2.23. The molecule has 0 atom stereocenters. The molecule has 0 spiro atoms. The maximum Gasteiger partial charge on any atom is 0.310 e. The molecule has 2 aromatic heterocycles. The van der Waals surface area contributed by atoms with Crippen LogP contribution >= 0.6 is 11.6 Å². The summed E-state index contributed by atoms with van der Waals surface area (Å²) in [5.74, 6) is 1.77. The lowest BCUT2D eigenvalue weighted by molar-refractivity contribution is -0.142. The van der Waals surface area contributed by atoms with Crippen molar-refractivity contribution in [3.05, 3.63) is 64.4 Å². The predicted molar refractivity (Wildman–Crippen MR) is 126 cm³/mol. The molecular weight excluding hydrogens is 440 g/mol. The summed E-state index contributed by atoms with van der Waals surface area (Å²) in [5.41, 5.74) is 4.81. The number of rotatable bonds is 6. The number of fused-ring (bicyclic) bond motifs is 2. The van der Waals surface area contributed by atoms with Gasteiger partial charge in [0.25, 0.3) is 0 Å². The van der Waals surface area contributed by atoms with Crippen LogP contribution in [0.1, 0.15) is 30.2 Å². The molecule has 2 aromatic carbocycles. The van der Waals surface area contributed by atoms with E-state index in [0.717, 1.165) is 58.4 Å². The molecule has 0 fully saturated rings. The summed E-state index contributed by atoms with van der Waals surface area (Å²) in [7, 11) is 1.59. The first kappa shape index (κ1) is 21.4. The van der Waals surface area contributed by atoms with Gasteiger partial charge in [-0.3, -0.25) is 4.79 Å². The Labute approximate surface area is 196 Å². The fourth-order valence-corrected chi connectivity index (χ4v) is 4.52. The highest BCUT2D eigenvalue weighted by atomic mass is 35.5. The van der Waals surface area contributed by atoms with E-state index >= 15 is 0 Å². The smallest absolute Gasteiger partial charge is 0.310 e. The predicted octanol–water partition coefficient (Wildman–Crippen LogP) is 4.74. The van der Waals surface area contributed by atoms with Crippen molar-refractivity contribution in [1.82, 2.24) is 19.7 Å². The maximum absolute atomic E-state index is 11.9. The number of ether oxygens (including phenoxy) is 2.